The van der Waals surface area contributed by atoms with Gasteiger partial charge in [0.05, 0.1) is 11.0 Å². The summed E-state index contributed by atoms with van der Waals surface area (Å²) in [5.74, 6) is 0. The number of nitrogens with zero attached hydrogens (tertiary/aromatic N) is 2. The molecule has 0 N–H and O–H groups in total. The van der Waals surface area contributed by atoms with Gasteiger partial charge in [0.25, 0.3) is 0 Å². The van der Waals surface area contributed by atoms with Crippen LogP contribution in [0.3, 0.4) is 0 Å². The largest absolute Gasteiger partial charge is 0.299 e. The number of hydrogen-bond acceptors (Lipinski definition) is 1. The predicted octanol–water partition coefficient (Wildman–Crippen LogP) is 8.67. The molecule has 7 rings (SSSR count). The molecule has 0 radical (unpaired) electrons. The Hall–Kier alpha value is -4.69. The van der Waals surface area contributed by atoms with Crippen molar-refractivity contribution in [2.75, 3.05) is 0 Å². The van der Waals surface area contributed by atoms with Gasteiger partial charge in [0.1, 0.15) is 6.33 Å². The molecule has 2 heteroatoms. The molecule has 0 fully saturated rings. The van der Waals surface area contributed by atoms with Crippen LogP contribution in [0.4, 0.5) is 0 Å². The molecular weight excluding hydrogens is 424 g/mol. The fraction of sp³-hybridized carbons (Fsp3) is 0. The molecule has 0 bridgehead atoms. The molecule has 1 aromatic heterocycles. The van der Waals surface area contributed by atoms with Crippen molar-refractivity contribution in [3.63, 3.8) is 0 Å². The van der Waals surface area contributed by atoms with Crippen LogP contribution in [0.2, 0.25) is 0 Å². The number of para-hydroxylation sites is 1. The van der Waals surface area contributed by atoms with Crippen molar-refractivity contribution in [1.82, 2.24) is 9.55 Å². The first-order chi connectivity index (χ1) is 17.4. The van der Waals surface area contributed by atoms with Crippen LogP contribution in [-0.4, -0.2) is 9.55 Å². The number of benzene rings is 6. The summed E-state index contributed by atoms with van der Waals surface area (Å²) in [6.07, 6.45) is 1.94. The maximum absolute atomic E-state index is 4.98. The second kappa shape index (κ2) is 7.96. The number of aromatic nitrogens is 2. The third-order valence-electron chi connectivity index (χ3n) is 6.87. The molecule has 0 saturated carbocycles. The van der Waals surface area contributed by atoms with Crippen LogP contribution in [0.15, 0.2) is 134 Å². The van der Waals surface area contributed by atoms with Gasteiger partial charge in [-0.15, -0.1) is 0 Å². The van der Waals surface area contributed by atoms with Crippen molar-refractivity contribution < 1.29 is 0 Å². The quantitative estimate of drug-likeness (QED) is 0.265. The fourth-order valence-electron chi connectivity index (χ4n) is 5.20. The monoisotopic (exact) mass is 446 g/mol. The van der Waals surface area contributed by atoms with Gasteiger partial charge in [0.2, 0.25) is 0 Å². The predicted molar refractivity (Wildman–Crippen MR) is 147 cm³/mol. The van der Waals surface area contributed by atoms with Crippen LogP contribution in [0.5, 0.6) is 0 Å². The van der Waals surface area contributed by atoms with Crippen molar-refractivity contribution >= 4 is 32.6 Å². The Bertz CT molecular complexity index is 1840. The first-order valence-electron chi connectivity index (χ1n) is 11.9. The molecule has 7 aromatic rings. The van der Waals surface area contributed by atoms with Gasteiger partial charge in [-0.2, -0.15) is 0 Å². The summed E-state index contributed by atoms with van der Waals surface area (Å²) in [5.41, 5.74) is 7.98. The Morgan fingerprint density at radius 1 is 0.514 bits per heavy atom. The van der Waals surface area contributed by atoms with Gasteiger partial charge < -0.3 is 0 Å². The van der Waals surface area contributed by atoms with Gasteiger partial charge in [-0.3, -0.25) is 4.57 Å². The molecule has 0 spiro atoms. The Morgan fingerprint density at radius 3 is 2.14 bits per heavy atom. The summed E-state index contributed by atoms with van der Waals surface area (Å²) in [5, 5.41) is 4.96. The van der Waals surface area contributed by atoms with Crippen LogP contribution in [0, 0.1) is 0 Å². The topological polar surface area (TPSA) is 17.8 Å². The first kappa shape index (κ1) is 19.7. The van der Waals surface area contributed by atoms with Crippen LogP contribution >= 0.6 is 0 Å². The standard InChI is InChI=1S/C33H22N2/c1-2-13-27(14-3-1)35-22-34-33-31(35)20-19-30(29-16-8-12-24-10-6-7-15-28(24)29)32(33)26-18-17-23-9-4-5-11-25(23)21-26/h1-22H. The fourth-order valence-corrected chi connectivity index (χ4v) is 5.20. The summed E-state index contributed by atoms with van der Waals surface area (Å²) in [4.78, 5) is 4.98. The lowest BCUT2D eigenvalue weighted by Crippen LogP contribution is -1.93. The number of hydrogen-bond donors (Lipinski definition) is 0. The van der Waals surface area contributed by atoms with Crippen molar-refractivity contribution in [1.29, 1.82) is 0 Å². The summed E-state index contributed by atoms with van der Waals surface area (Å²) < 4.78 is 2.17. The van der Waals surface area contributed by atoms with E-state index in [9.17, 15) is 0 Å². The molecule has 0 unspecified atom stereocenters. The maximum Gasteiger partial charge on any atom is 0.100 e. The van der Waals surface area contributed by atoms with E-state index in [0.717, 1.165) is 16.7 Å². The van der Waals surface area contributed by atoms with E-state index in [4.69, 9.17) is 4.98 Å². The summed E-state index contributed by atoms with van der Waals surface area (Å²) in [6.45, 7) is 0. The second-order valence-corrected chi connectivity index (χ2v) is 8.89. The molecule has 0 saturated heterocycles. The third kappa shape index (κ3) is 3.23. The second-order valence-electron chi connectivity index (χ2n) is 8.89. The molecule has 164 valence electrons. The third-order valence-corrected chi connectivity index (χ3v) is 6.87. The van der Waals surface area contributed by atoms with E-state index in [1.54, 1.807) is 0 Å². The minimum atomic E-state index is 1.01. The van der Waals surface area contributed by atoms with E-state index in [1.165, 1.54) is 43.8 Å². The van der Waals surface area contributed by atoms with Crippen molar-refractivity contribution in [3.8, 4) is 27.9 Å². The van der Waals surface area contributed by atoms with E-state index in [1.807, 2.05) is 12.4 Å². The van der Waals surface area contributed by atoms with Gasteiger partial charge in [-0.1, -0.05) is 103 Å². The van der Waals surface area contributed by atoms with E-state index in [2.05, 4.69) is 126 Å². The van der Waals surface area contributed by atoms with Gasteiger partial charge >= 0.3 is 0 Å². The van der Waals surface area contributed by atoms with Crippen LogP contribution in [-0.2, 0) is 0 Å². The minimum Gasteiger partial charge on any atom is -0.299 e. The van der Waals surface area contributed by atoms with E-state index in [0.29, 0.717) is 0 Å². The van der Waals surface area contributed by atoms with Crippen LogP contribution in [0.1, 0.15) is 0 Å². The van der Waals surface area contributed by atoms with Crippen molar-refractivity contribution in [3.05, 3.63) is 134 Å². The highest BCUT2D eigenvalue weighted by Gasteiger charge is 2.18. The molecule has 1 heterocycles. The van der Waals surface area contributed by atoms with E-state index in [-0.39, 0.29) is 0 Å². The van der Waals surface area contributed by atoms with E-state index >= 15 is 0 Å². The lowest BCUT2D eigenvalue weighted by Gasteiger charge is -2.15. The Kier molecular flexibility index (Phi) is 4.49. The average Bonchev–Trinajstić information content (AvgIpc) is 3.37. The zero-order valence-corrected chi connectivity index (χ0v) is 19.1. The highest BCUT2D eigenvalue weighted by Crippen LogP contribution is 2.41. The summed E-state index contributed by atoms with van der Waals surface area (Å²) in [7, 11) is 0. The molecular formula is C33H22N2. The van der Waals surface area contributed by atoms with E-state index < -0.39 is 0 Å². The number of imidazole rings is 1. The van der Waals surface area contributed by atoms with Crippen LogP contribution in [0.25, 0.3) is 60.5 Å². The van der Waals surface area contributed by atoms with Crippen molar-refractivity contribution in [2.24, 2.45) is 0 Å². The lowest BCUT2D eigenvalue weighted by molar-refractivity contribution is 1.09. The van der Waals surface area contributed by atoms with Gasteiger partial charge in [-0.05, 0) is 62.5 Å². The minimum absolute atomic E-state index is 1.01. The molecule has 2 nitrogen and oxygen atoms in total. The van der Waals surface area contributed by atoms with Gasteiger partial charge in [0.15, 0.2) is 0 Å². The molecule has 0 amide bonds. The molecule has 0 aliphatic heterocycles. The maximum atomic E-state index is 4.98. The normalized spacial score (nSPS) is 11.4. The summed E-state index contributed by atoms with van der Waals surface area (Å²) >= 11 is 0. The zero-order chi connectivity index (χ0) is 23.2. The SMILES string of the molecule is c1ccc(-n2cnc3c(-c4ccc5ccccc5c4)c(-c4cccc5ccccc45)ccc32)cc1. The molecule has 0 aliphatic carbocycles. The number of rotatable bonds is 3. The highest BCUT2D eigenvalue weighted by molar-refractivity contribution is 6.08. The molecule has 0 aliphatic rings. The Labute approximate surface area is 203 Å². The zero-order valence-electron chi connectivity index (χ0n) is 19.1. The highest BCUT2D eigenvalue weighted by atomic mass is 15.0. The molecule has 6 aromatic carbocycles. The molecule has 0 atom stereocenters. The first-order valence-corrected chi connectivity index (χ1v) is 11.9. The van der Waals surface area contributed by atoms with Gasteiger partial charge in [0, 0.05) is 11.3 Å². The Balaban J connectivity index is 1.57. The molecule has 35 heavy (non-hydrogen) atoms. The average molecular weight is 447 g/mol. The number of fused-ring (bicyclic) bond motifs is 3. The summed E-state index contributed by atoms with van der Waals surface area (Å²) in [6, 6.07) is 45.3. The van der Waals surface area contributed by atoms with Crippen molar-refractivity contribution in [2.45, 2.75) is 0 Å². The lowest BCUT2D eigenvalue weighted by atomic mass is 9.89. The smallest absolute Gasteiger partial charge is 0.100 e. The van der Waals surface area contributed by atoms with Gasteiger partial charge in [-0.25, -0.2) is 4.98 Å². The Morgan fingerprint density at radius 2 is 1.26 bits per heavy atom. The van der Waals surface area contributed by atoms with Crippen LogP contribution < -0.4 is 0 Å².